The van der Waals surface area contributed by atoms with E-state index in [9.17, 15) is 9.59 Å². The monoisotopic (exact) mass is 370 g/mol. The highest BCUT2D eigenvalue weighted by Crippen LogP contribution is 2.34. The molecule has 24 heavy (non-hydrogen) atoms. The van der Waals surface area contributed by atoms with Crippen LogP contribution in [0, 0.1) is 5.92 Å². The fourth-order valence-electron chi connectivity index (χ4n) is 3.03. The second-order valence-electron chi connectivity index (χ2n) is 6.28. The van der Waals surface area contributed by atoms with E-state index in [1.165, 1.54) is 7.11 Å². The first-order valence-electron chi connectivity index (χ1n) is 8.13. The van der Waals surface area contributed by atoms with Gasteiger partial charge in [-0.15, -0.1) is 0 Å². The number of carbonyl (C=O) groups excluding carboxylic acids is 2. The summed E-state index contributed by atoms with van der Waals surface area (Å²) >= 11 is 12.2. The van der Waals surface area contributed by atoms with Crippen LogP contribution in [0.25, 0.3) is 0 Å². The van der Waals surface area contributed by atoms with Gasteiger partial charge in [0.05, 0.1) is 17.2 Å². The van der Waals surface area contributed by atoms with Gasteiger partial charge >= 0.3 is 0 Å². The van der Waals surface area contributed by atoms with Crippen LogP contribution in [-0.4, -0.2) is 43.0 Å². The van der Waals surface area contributed by atoms with Crippen LogP contribution in [0.1, 0.15) is 36.0 Å². The maximum absolute atomic E-state index is 12.6. The third kappa shape index (κ3) is 3.62. The van der Waals surface area contributed by atoms with Crippen molar-refractivity contribution in [2.75, 3.05) is 20.2 Å². The van der Waals surface area contributed by atoms with Gasteiger partial charge in [-0.2, -0.15) is 0 Å². The summed E-state index contributed by atoms with van der Waals surface area (Å²) in [6, 6.07) is 3.19. The number of hydrogen-bond acceptors (Lipinski definition) is 3. The highest BCUT2D eigenvalue weighted by atomic mass is 35.5. The molecule has 1 N–H and O–H groups in total. The number of ether oxygens (including phenoxy) is 1. The second kappa shape index (κ2) is 7.19. The van der Waals surface area contributed by atoms with E-state index in [0.29, 0.717) is 23.1 Å². The molecule has 0 aromatic heterocycles. The van der Waals surface area contributed by atoms with Gasteiger partial charge in [0.25, 0.3) is 5.91 Å². The minimum absolute atomic E-state index is 0.0144. The Bertz CT molecular complexity index is 653. The zero-order valence-electron chi connectivity index (χ0n) is 13.5. The molecule has 0 bridgehead atoms. The number of piperidine rings is 1. The summed E-state index contributed by atoms with van der Waals surface area (Å²) in [7, 11) is 1.45. The lowest BCUT2D eigenvalue weighted by Gasteiger charge is -2.32. The van der Waals surface area contributed by atoms with Crippen LogP contribution in [0.4, 0.5) is 0 Å². The molecule has 2 amide bonds. The minimum Gasteiger partial charge on any atom is -0.494 e. The zero-order chi connectivity index (χ0) is 17.3. The number of halogens is 2. The topological polar surface area (TPSA) is 58.6 Å². The minimum atomic E-state index is -0.300. The molecule has 0 atom stereocenters. The molecular formula is C17H20Cl2N2O3. The molecule has 1 saturated heterocycles. The number of rotatable bonds is 4. The van der Waals surface area contributed by atoms with Crippen molar-refractivity contribution >= 4 is 35.0 Å². The first kappa shape index (κ1) is 17.4. The number of benzene rings is 1. The van der Waals surface area contributed by atoms with Crippen LogP contribution in [0.15, 0.2) is 12.1 Å². The molecule has 5 nitrogen and oxygen atoms in total. The number of nitrogens with zero attached hydrogens (tertiary/aromatic N) is 1. The highest BCUT2D eigenvalue weighted by molar-refractivity contribution is 6.37. The summed E-state index contributed by atoms with van der Waals surface area (Å²) in [6.45, 7) is 1.36. The average molecular weight is 371 g/mol. The summed E-state index contributed by atoms with van der Waals surface area (Å²) in [5.74, 6) is 0.485. The van der Waals surface area contributed by atoms with Crippen molar-refractivity contribution in [2.24, 2.45) is 5.92 Å². The molecule has 1 aromatic rings. The molecule has 7 heteroatoms. The second-order valence-corrected chi connectivity index (χ2v) is 7.10. The Labute approximate surface area is 151 Å². The maximum atomic E-state index is 12.6. The lowest BCUT2D eigenvalue weighted by molar-refractivity contribution is -0.133. The van der Waals surface area contributed by atoms with Crippen LogP contribution in [-0.2, 0) is 4.79 Å². The molecule has 3 rings (SSSR count). The van der Waals surface area contributed by atoms with E-state index in [4.69, 9.17) is 27.9 Å². The Balaban J connectivity index is 1.62. The molecule has 2 aliphatic rings. The molecule has 1 aliphatic heterocycles. The molecule has 2 fully saturated rings. The molecule has 0 radical (unpaired) electrons. The van der Waals surface area contributed by atoms with Crippen LogP contribution < -0.4 is 10.1 Å². The van der Waals surface area contributed by atoms with Crippen LogP contribution in [0.5, 0.6) is 5.75 Å². The van der Waals surface area contributed by atoms with Crippen molar-refractivity contribution in [3.05, 3.63) is 27.7 Å². The van der Waals surface area contributed by atoms with Crippen molar-refractivity contribution in [3.63, 3.8) is 0 Å². The molecule has 0 unspecified atom stereocenters. The van der Waals surface area contributed by atoms with Crippen molar-refractivity contribution in [3.8, 4) is 5.75 Å². The van der Waals surface area contributed by atoms with E-state index in [2.05, 4.69) is 5.32 Å². The quantitative estimate of drug-likeness (QED) is 0.885. The fraction of sp³-hybridized carbons (Fsp3) is 0.529. The first-order chi connectivity index (χ1) is 11.5. The van der Waals surface area contributed by atoms with Crippen molar-refractivity contribution in [1.29, 1.82) is 0 Å². The molecule has 1 aliphatic carbocycles. The molecule has 1 aromatic carbocycles. The average Bonchev–Trinajstić information content (AvgIpc) is 3.41. The number of hydrogen-bond donors (Lipinski definition) is 1. The van der Waals surface area contributed by atoms with Gasteiger partial charge in [-0.25, -0.2) is 0 Å². The lowest BCUT2D eigenvalue weighted by Crippen LogP contribution is -2.47. The van der Waals surface area contributed by atoms with E-state index in [0.717, 1.165) is 25.7 Å². The SMILES string of the molecule is COc1c(Cl)ccc(Cl)c1C(=O)NC1CCN(C(=O)C2CC2)CC1. The molecular weight excluding hydrogens is 351 g/mol. The smallest absolute Gasteiger partial charge is 0.256 e. The van der Waals surface area contributed by atoms with Crippen LogP contribution >= 0.6 is 23.2 Å². The Morgan fingerprint density at radius 1 is 1.12 bits per heavy atom. The summed E-state index contributed by atoms with van der Waals surface area (Å²) < 4.78 is 5.22. The van der Waals surface area contributed by atoms with Gasteiger partial charge in [0.15, 0.2) is 5.75 Å². The molecule has 1 saturated carbocycles. The van der Waals surface area contributed by atoms with E-state index in [-0.39, 0.29) is 35.1 Å². The van der Waals surface area contributed by atoms with Crippen molar-refractivity contribution in [2.45, 2.75) is 31.7 Å². The summed E-state index contributed by atoms with van der Waals surface area (Å²) in [6.07, 6.45) is 3.51. The highest BCUT2D eigenvalue weighted by Gasteiger charge is 2.35. The molecule has 1 heterocycles. The number of carbonyl (C=O) groups is 2. The number of nitrogens with one attached hydrogen (secondary N) is 1. The van der Waals surface area contributed by atoms with E-state index in [1.54, 1.807) is 12.1 Å². The Kier molecular flexibility index (Phi) is 5.21. The third-order valence-corrected chi connectivity index (χ3v) is 5.17. The zero-order valence-corrected chi connectivity index (χ0v) is 15.0. The standard InChI is InChI=1S/C17H20Cl2N2O3/c1-24-15-13(19)5-4-12(18)14(15)16(22)20-11-6-8-21(9-7-11)17(23)10-2-3-10/h4-5,10-11H,2-3,6-9H2,1H3,(H,20,22). The number of likely N-dealkylation sites (tertiary alicyclic amines) is 1. The summed E-state index contributed by atoms with van der Waals surface area (Å²) in [5, 5.41) is 3.63. The number of amides is 2. The first-order valence-corrected chi connectivity index (χ1v) is 8.88. The van der Waals surface area contributed by atoms with Crippen LogP contribution in [0.3, 0.4) is 0 Å². The van der Waals surface area contributed by atoms with Gasteiger partial charge in [-0.3, -0.25) is 9.59 Å². The molecule has 130 valence electrons. The van der Waals surface area contributed by atoms with Gasteiger partial charge < -0.3 is 15.0 Å². The van der Waals surface area contributed by atoms with Crippen molar-refractivity contribution in [1.82, 2.24) is 10.2 Å². The summed E-state index contributed by atoms with van der Waals surface area (Å²) in [5.41, 5.74) is 0.253. The van der Waals surface area contributed by atoms with E-state index >= 15 is 0 Å². The predicted molar refractivity (Wildman–Crippen MR) is 92.8 cm³/mol. The summed E-state index contributed by atoms with van der Waals surface area (Å²) in [4.78, 5) is 26.6. The van der Waals surface area contributed by atoms with E-state index < -0.39 is 0 Å². The van der Waals surface area contributed by atoms with Gasteiger partial charge in [0, 0.05) is 25.0 Å². The Hall–Kier alpha value is -1.46. The third-order valence-electron chi connectivity index (χ3n) is 4.56. The van der Waals surface area contributed by atoms with Crippen molar-refractivity contribution < 1.29 is 14.3 Å². The fourth-order valence-corrected chi connectivity index (χ4v) is 3.50. The lowest BCUT2D eigenvalue weighted by atomic mass is 10.0. The normalized spacial score (nSPS) is 18.4. The van der Waals surface area contributed by atoms with Gasteiger partial charge in [0.1, 0.15) is 5.56 Å². The van der Waals surface area contributed by atoms with Gasteiger partial charge in [0.2, 0.25) is 5.91 Å². The van der Waals surface area contributed by atoms with Gasteiger partial charge in [-0.1, -0.05) is 23.2 Å². The Morgan fingerprint density at radius 2 is 1.75 bits per heavy atom. The Morgan fingerprint density at radius 3 is 2.33 bits per heavy atom. The van der Waals surface area contributed by atoms with E-state index in [1.807, 2.05) is 4.90 Å². The maximum Gasteiger partial charge on any atom is 0.256 e. The predicted octanol–water partition coefficient (Wildman–Crippen LogP) is 3.13. The van der Waals surface area contributed by atoms with Gasteiger partial charge in [-0.05, 0) is 37.8 Å². The number of methoxy groups -OCH3 is 1. The largest absolute Gasteiger partial charge is 0.494 e. The molecule has 0 spiro atoms. The van der Waals surface area contributed by atoms with Crippen LogP contribution in [0.2, 0.25) is 10.0 Å².